The second-order valence-corrected chi connectivity index (χ2v) is 28.1. The van der Waals surface area contributed by atoms with E-state index >= 15 is 0 Å². The summed E-state index contributed by atoms with van der Waals surface area (Å²) in [6.45, 7) is 13.2. The number of allylic oxidation sites excluding steroid dienone is 7. The third-order valence-electron chi connectivity index (χ3n) is 17.4. The van der Waals surface area contributed by atoms with Crippen LogP contribution in [0.5, 0.6) is 0 Å². The van der Waals surface area contributed by atoms with Crippen molar-refractivity contribution in [1.82, 2.24) is 0 Å². The van der Waals surface area contributed by atoms with Crippen LogP contribution in [0.1, 0.15) is 110 Å². The normalized spacial score (nSPS) is 16.1. The second kappa shape index (κ2) is 21.1. The van der Waals surface area contributed by atoms with Gasteiger partial charge >= 0.3 is 423 Å². The van der Waals surface area contributed by atoms with Crippen LogP contribution >= 0.6 is 29.9 Å². The second-order valence-electron chi connectivity index (χ2n) is 22.0. The van der Waals surface area contributed by atoms with Gasteiger partial charge in [-0.2, -0.15) is 0 Å². The fourth-order valence-corrected chi connectivity index (χ4v) is 22.0. The minimum Gasteiger partial charge on any atom is -0.0590 e. The van der Waals surface area contributed by atoms with Gasteiger partial charge in [-0.05, 0) is 26.8 Å². The van der Waals surface area contributed by atoms with E-state index in [-0.39, 0.29) is 0 Å². The Labute approximate surface area is 492 Å². The van der Waals surface area contributed by atoms with Crippen LogP contribution in [-0.4, -0.2) is 0 Å². The molecule has 0 spiro atoms. The fourth-order valence-electron chi connectivity index (χ4n) is 13.6. The summed E-state index contributed by atoms with van der Waals surface area (Å²) in [4.78, 5) is 5.24. The Balaban J connectivity index is 1.20. The molecule has 13 rings (SSSR count). The number of aryl methyl sites for hydroxylation is 4. The van der Waals surface area contributed by atoms with Gasteiger partial charge < -0.3 is 0 Å². The number of rotatable bonds is 11. The van der Waals surface area contributed by atoms with Gasteiger partial charge in [0.2, 0.25) is 0 Å². The van der Waals surface area contributed by atoms with E-state index < -0.39 is 18.1 Å². The summed E-state index contributed by atoms with van der Waals surface area (Å²) in [5.41, 5.74) is 21.2. The van der Waals surface area contributed by atoms with Crippen LogP contribution in [0.15, 0.2) is 247 Å². The van der Waals surface area contributed by atoms with Crippen molar-refractivity contribution in [3.8, 4) is 25.3 Å². The molecule has 1 saturated carbocycles. The molecule has 2 heterocycles. The summed E-state index contributed by atoms with van der Waals surface area (Å²) in [6.07, 6.45) is 12.8. The fraction of sp³-hybridized carbons (Fsp3) is 0.145. The quantitative estimate of drug-likeness (QED) is 0.113. The standard InChI is InChI=1S/C76H63PS2.Os/c1-8-20-64-46-70-73(78-64)66-47-69-67(48-68(66)75(70,57-37-29-50(3)30-38-57)58-39-31-51(4)32-40-58)74-71(76(69,59-41-33-52(5)34-42-59)60-43-35-53(6)36-44-60)49-72(79-74)65(45-56-22-19-21-55(56)9-2)54(7)77(61-23-13-10-14-24-61,62-25-15-11-16-26-62)63-27-17-12-18-28-63;/h8-18,20,23-49H,19,21-22H2,1-6H3;/q+1;/b20-8+,55-9?,56-45?,65-54?;. The van der Waals surface area contributed by atoms with Crippen LogP contribution < -0.4 is 15.9 Å². The van der Waals surface area contributed by atoms with Crippen molar-refractivity contribution in [3.05, 3.63) is 324 Å². The molecule has 8 aromatic carbocycles. The molecule has 0 bridgehead atoms. The number of hydrogen-bond acceptors (Lipinski definition) is 2. The molecule has 0 nitrogen and oxygen atoms in total. The Kier molecular flexibility index (Phi) is 13.8. The number of hydrogen-bond donors (Lipinski definition) is 0. The Bertz CT molecular complexity index is 3970. The topological polar surface area (TPSA) is 0 Å². The summed E-state index contributed by atoms with van der Waals surface area (Å²) >= 11 is 5.83. The van der Waals surface area contributed by atoms with E-state index in [0.29, 0.717) is 0 Å². The van der Waals surface area contributed by atoms with E-state index in [0.717, 1.165) is 19.3 Å². The smallest absolute Gasteiger partial charge is 0.0590 e. The monoisotopic (exact) mass is 1260 g/mol. The van der Waals surface area contributed by atoms with Gasteiger partial charge in [-0.3, -0.25) is 0 Å². The molecule has 0 saturated heterocycles. The van der Waals surface area contributed by atoms with Crippen molar-refractivity contribution < 1.29 is 17.9 Å². The van der Waals surface area contributed by atoms with Gasteiger partial charge in [0.25, 0.3) is 0 Å². The minimum atomic E-state index is -2.62. The van der Waals surface area contributed by atoms with Crippen LogP contribution in [-0.2, 0) is 28.8 Å². The van der Waals surface area contributed by atoms with Gasteiger partial charge in [0.05, 0.1) is 0 Å². The molecule has 0 aliphatic heterocycles. The average Bonchev–Trinajstić information content (AvgIpc) is 3.28. The van der Waals surface area contributed by atoms with Gasteiger partial charge in [-0.1, -0.05) is 41.5 Å². The Morgan fingerprint density at radius 1 is 0.475 bits per heavy atom. The van der Waals surface area contributed by atoms with Gasteiger partial charge in [0.15, 0.2) is 0 Å². The third kappa shape index (κ3) is 8.19. The predicted molar refractivity (Wildman–Crippen MR) is 342 cm³/mol. The SMILES string of the molecule is CC=C1CCCC1=CC(=C([C]#[Os])[P+](c1ccccc1)(c1ccccc1)c1ccccc1)c1cc2c(s1)-c1cc3c(cc1C2(c1ccc(C)cc1)c1ccc(C)cc1)-c1sc(/C=C/C)cc1C3(c1ccc(C)cc1)c1ccc(C)cc1. The van der Waals surface area contributed by atoms with Gasteiger partial charge in [0.1, 0.15) is 0 Å². The van der Waals surface area contributed by atoms with E-state index in [1.807, 2.05) is 40.6 Å². The Hall–Kier alpha value is -7.03. The maximum absolute atomic E-state index is 4.13. The Morgan fingerprint density at radius 2 is 0.875 bits per heavy atom. The van der Waals surface area contributed by atoms with Crippen LogP contribution in [0.4, 0.5) is 0 Å². The zero-order valence-electron chi connectivity index (χ0n) is 46.3. The molecular weight excluding hydrogens is 1200 g/mol. The molecule has 10 aromatic rings. The van der Waals surface area contributed by atoms with Crippen molar-refractivity contribution in [2.45, 2.75) is 71.6 Å². The molecule has 4 heteroatoms. The molecule has 0 unspecified atom stereocenters. The van der Waals surface area contributed by atoms with E-state index in [1.54, 1.807) is 0 Å². The summed E-state index contributed by atoms with van der Waals surface area (Å²) in [6, 6.07) is 82.5. The van der Waals surface area contributed by atoms with Crippen molar-refractivity contribution in [1.29, 1.82) is 0 Å². The van der Waals surface area contributed by atoms with Crippen molar-refractivity contribution in [2.24, 2.45) is 0 Å². The van der Waals surface area contributed by atoms with Crippen molar-refractivity contribution in [2.75, 3.05) is 0 Å². The first-order valence-corrected chi connectivity index (χ1v) is 32.8. The molecule has 0 N–H and O–H groups in total. The van der Waals surface area contributed by atoms with Gasteiger partial charge in [0, 0.05) is 4.88 Å². The number of thiophene rings is 2. The zero-order chi connectivity index (χ0) is 54.8. The van der Waals surface area contributed by atoms with Crippen LogP contribution in [0.25, 0.3) is 32.5 Å². The summed E-state index contributed by atoms with van der Waals surface area (Å²) in [5, 5.41) is 5.26. The van der Waals surface area contributed by atoms with Crippen molar-refractivity contribution in [3.63, 3.8) is 0 Å². The van der Waals surface area contributed by atoms with E-state index in [2.05, 4.69) is 283 Å². The maximum atomic E-state index is 4.13. The van der Waals surface area contributed by atoms with Crippen LogP contribution in [0, 0.1) is 32.1 Å². The molecule has 0 amide bonds. The summed E-state index contributed by atoms with van der Waals surface area (Å²) in [5.74, 6) is 0. The van der Waals surface area contributed by atoms with E-state index in [9.17, 15) is 0 Å². The zero-order valence-corrected chi connectivity index (χ0v) is 51.3. The molecule has 391 valence electrons. The van der Waals surface area contributed by atoms with Gasteiger partial charge in [-0.15, -0.1) is 0 Å². The molecule has 1 fully saturated rings. The minimum absolute atomic E-state index is 0.567. The van der Waals surface area contributed by atoms with Crippen LogP contribution in [0.2, 0.25) is 0 Å². The molecular formula is C76H63OsPS2+. The average molecular weight is 1260 g/mol. The third-order valence-corrected chi connectivity index (χ3v) is 25.1. The van der Waals surface area contributed by atoms with Crippen molar-refractivity contribution >= 4 is 57.5 Å². The molecule has 0 radical (unpaired) electrons. The molecule has 3 aliphatic rings. The first kappa shape index (κ1) is 52.3. The first-order valence-electron chi connectivity index (χ1n) is 28.1. The summed E-state index contributed by atoms with van der Waals surface area (Å²) in [7, 11) is -2.62. The van der Waals surface area contributed by atoms with Crippen LogP contribution in [0.3, 0.4) is 0 Å². The summed E-state index contributed by atoms with van der Waals surface area (Å²) < 4.78 is 4.13. The Morgan fingerprint density at radius 3 is 1.27 bits per heavy atom. The molecule has 3 aliphatic carbocycles. The molecule has 80 heavy (non-hydrogen) atoms. The number of fused-ring (bicyclic) bond motifs is 6. The van der Waals surface area contributed by atoms with Gasteiger partial charge in [-0.25, -0.2) is 0 Å². The first-order chi connectivity index (χ1) is 39.1. The molecule has 2 aromatic heterocycles. The van der Waals surface area contributed by atoms with E-state index in [1.165, 1.54) is 135 Å². The predicted octanol–water partition coefficient (Wildman–Crippen LogP) is 19.1. The molecule has 0 atom stereocenters. The number of benzene rings is 8. The van der Waals surface area contributed by atoms with E-state index in [4.69, 9.17) is 0 Å².